The Balaban J connectivity index is 1.31. The van der Waals surface area contributed by atoms with Crippen molar-refractivity contribution in [3.8, 4) is 6.07 Å². The molecule has 2 aromatic rings. The van der Waals surface area contributed by atoms with Gasteiger partial charge in [0.25, 0.3) is 5.56 Å². The first-order valence-electron chi connectivity index (χ1n) is 9.16. The first kappa shape index (κ1) is 16.7. The van der Waals surface area contributed by atoms with Crippen LogP contribution in [0.5, 0.6) is 0 Å². The minimum Gasteiger partial charge on any atom is -0.354 e. The molecule has 0 amide bonds. The lowest BCUT2D eigenvalue weighted by Gasteiger charge is -2.35. The molecule has 26 heavy (non-hydrogen) atoms. The van der Waals surface area contributed by atoms with Gasteiger partial charge in [-0.25, -0.2) is 9.67 Å². The van der Waals surface area contributed by atoms with Crippen molar-refractivity contribution < 1.29 is 0 Å². The number of rotatable bonds is 4. The lowest BCUT2D eigenvalue weighted by Crippen LogP contribution is -2.48. The molecule has 7 nitrogen and oxygen atoms in total. The average molecular weight is 350 g/mol. The van der Waals surface area contributed by atoms with E-state index in [1.165, 1.54) is 0 Å². The van der Waals surface area contributed by atoms with Crippen LogP contribution in [0.2, 0.25) is 0 Å². The highest BCUT2D eigenvalue weighted by Gasteiger charge is 2.19. The SMILES string of the molecule is N#Cc1ccc(N2CCN(CCn3nc4c(cc3=O)CCC4)CC2)nc1. The van der Waals surface area contributed by atoms with Crippen LogP contribution < -0.4 is 10.5 Å². The molecule has 0 saturated carbocycles. The van der Waals surface area contributed by atoms with Gasteiger partial charge in [-0.05, 0) is 37.0 Å². The van der Waals surface area contributed by atoms with Gasteiger partial charge < -0.3 is 4.90 Å². The van der Waals surface area contributed by atoms with Gasteiger partial charge in [0.1, 0.15) is 11.9 Å². The summed E-state index contributed by atoms with van der Waals surface area (Å²) in [5.74, 6) is 0.917. The highest BCUT2D eigenvalue weighted by Crippen LogP contribution is 2.17. The third kappa shape index (κ3) is 3.46. The Labute approximate surface area is 152 Å². The van der Waals surface area contributed by atoms with Gasteiger partial charge >= 0.3 is 0 Å². The highest BCUT2D eigenvalue weighted by atomic mass is 16.1. The summed E-state index contributed by atoms with van der Waals surface area (Å²) in [4.78, 5) is 21.1. The molecule has 0 atom stereocenters. The Hall–Kier alpha value is -2.72. The number of piperazine rings is 1. The summed E-state index contributed by atoms with van der Waals surface area (Å²) in [7, 11) is 0. The van der Waals surface area contributed by atoms with Gasteiger partial charge in [0.2, 0.25) is 0 Å². The Morgan fingerprint density at radius 1 is 1.12 bits per heavy atom. The Morgan fingerprint density at radius 2 is 1.96 bits per heavy atom. The molecule has 1 fully saturated rings. The summed E-state index contributed by atoms with van der Waals surface area (Å²) in [5, 5.41) is 13.4. The molecule has 0 radical (unpaired) electrons. The van der Waals surface area contributed by atoms with E-state index in [4.69, 9.17) is 5.26 Å². The van der Waals surface area contributed by atoms with Crippen molar-refractivity contribution in [1.29, 1.82) is 5.26 Å². The second-order valence-corrected chi connectivity index (χ2v) is 6.88. The van der Waals surface area contributed by atoms with E-state index in [2.05, 4.69) is 26.0 Å². The molecule has 4 rings (SSSR count). The lowest BCUT2D eigenvalue weighted by atomic mass is 10.2. The molecule has 134 valence electrons. The molecule has 7 heteroatoms. The second-order valence-electron chi connectivity index (χ2n) is 6.88. The number of aromatic nitrogens is 3. The summed E-state index contributed by atoms with van der Waals surface area (Å²) in [6, 6.07) is 7.57. The van der Waals surface area contributed by atoms with Crippen LogP contribution in [0.1, 0.15) is 23.2 Å². The third-order valence-corrected chi connectivity index (χ3v) is 5.23. The molecule has 1 saturated heterocycles. The summed E-state index contributed by atoms with van der Waals surface area (Å²) in [6.07, 6.45) is 4.71. The zero-order valence-corrected chi connectivity index (χ0v) is 14.8. The molecule has 0 unspecified atom stereocenters. The van der Waals surface area contributed by atoms with Crippen molar-refractivity contribution >= 4 is 5.82 Å². The van der Waals surface area contributed by atoms with Crippen molar-refractivity contribution in [1.82, 2.24) is 19.7 Å². The summed E-state index contributed by atoms with van der Waals surface area (Å²) in [6.45, 7) is 5.13. The van der Waals surface area contributed by atoms with E-state index >= 15 is 0 Å². The maximum absolute atomic E-state index is 12.2. The number of anilines is 1. The van der Waals surface area contributed by atoms with E-state index in [1.807, 2.05) is 6.07 Å². The first-order valence-corrected chi connectivity index (χ1v) is 9.16. The molecule has 0 bridgehead atoms. The fraction of sp³-hybridized carbons (Fsp3) is 0.474. The summed E-state index contributed by atoms with van der Waals surface area (Å²) >= 11 is 0. The number of aryl methyl sites for hydroxylation is 2. The van der Waals surface area contributed by atoms with Crippen molar-refractivity contribution in [2.24, 2.45) is 0 Å². The van der Waals surface area contributed by atoms with E-state index in [-0.39, 0.29) is 5.56 Å². The molecule has 1 aliphatic carbocycles. The van der Waals surface area contributed by atoms with Crippen LogP contribution in [-0.2, 0) is 19.4 Å². The van der Waals surface area contributed by atoms with Crippen LogP contribution in [-0.4, -0.2) is 52.4 Å². The van der Waals surface area contributed by atoms with E-state index in [0.717, 1.165) is 69.1 Å². The predicted molar refractivity (Wildman–Crippen MR) is 98.1 cm³/mol. The average Bonchev–Trinajstić information content (AvgIpc) is 3.14. The zero-order valence-electron chi connectivity index (χ0n) is 14.8. The van der Waals surface area contributed by atoms with Crippen molar-refractivity contribution in [3.05, 3.63) is 51.6 Å². The Kier molecular flexibility index (Phi) is 4.67. The lowest BCUT2D eigenvalue weighted by molar-refractivity contribution is 0.242. The van der Waals surface area contributed by atoms with Crippen molar-refractivity contribution in [3.63, 3.8) is 0 Å². The second kappa shape index (κ2) is 7.26. The van der Waals surface area contributed by atoms with Gasteiger partial charge in [0.15, 0.2) is 0 Å². The van der Waals surface area contributed by atoms with Crippen LogP contribution in [0, 0.1) is 11.3 Å². The largest absolute Gasteiger partial charge is 0.354 e. The Bertz CT molecular complexity index is 874. The maximum Gasteiger partial charge on any atom is 0.267 e. The monoisotopic (exact) mass is 350 g/mol. The van der Waals surface area contributed by atoms with E-state index < -0.39 is 0 Å². The van der Waals surface area contributed by atoms with Crippen LogP contribution >= 0.6 is 0 Å². The minimum absolute atomic E-state index is 0.0195. The first-order chi connectivity index (χ1) is 12.7. The topological polar surface area (TPSA) is 78.0 Å². The summed E-state index contributed by atoms with van der Waals surface area (Å²) < 4.78 is 1.62. The van der Waals surface area contributed by atoms with Crippen LogP contribution in [0.4, 0.5) is 5.82 Å². The molecule has 2 aromatic heterocycles. The molecule has 0 N–H and O–H groups in total. The number of pyridine rings is 1. The number of nitriles is 1. The fourth-order valence-electron chi connectivity index (χ4n) is 3.68. The Morgan fingerprint density at radius 3 is 2.69 bits per heavy atom. The molecule has 3 heterocycles. The van der Waals surface area contributed by atoms with Gasteiger partial charge in [-0.1, -0.05) is 0 Å². The minimum atomic E-state index is 0.0195. The predicted octanol–water partition coefficient (Wildman–Crippen LogP) is 0.821. The number of fused-ring (bicyclic) bond motifs is 1. The number of hydrogen-bond acceptors (Lipinski definition) is 6. The molecule has 0 aromatic carbocycles. The third-order valence-electron chi connectivity index (χ3n) is 5.23. The van der Waals surface area contributed by atoms with Crippen molar-refractivity contribution in [2.75, 3.05) is 37.6 Å². The van der Waals surface area contributed by atoms with E-state index in [1.54, 1.807) is 23.0 Å². The van der Waals surface area contributed by atoms with Gasteiger partial charge in [0.05, 0.1) is 17.8 Å². The molecule has 0 spiro atoms. The molecule has 2 aliphatic rings. The maximum atomic E-state index is 12.2. The van der Waals surface area contributed by atoms with Gasteiger partial charge in [-0.3, -0.25) is 9.69 Å². The van der Waals surface area contributed by atoms with Gasteiger partial charge in [-0.2, -0.15) is 10.4 Å². The normalized spacial score (nSPS) is 17.1. The van der Waals surface area contributed by atoms with E-state index in [9.17, 15) is 4.79 Å². The summed E-state index contributed by atoms with van der Waals surface area (Å²) in [5.41, 5.74) is 2.84. The molecule has 1 aliphatic heterocycles. The fourth-order valence-corrected chi connectivity index (χ4v) is 3.68. The quantitative estimate of drug-likeness (QED) is 0.812. The number of hydrogen-bond donors (Lipinski definition) is 0. The van der Waals surface area contributed by atoms with E-state index in [0.29, 0.717) is 12.1 Å². The van der Waals surface area contributed by atoms with Gasteiger partial charge in [-0.15, -0.1) is 0 Å². The van der Waals surface area contributed by atoms with Gasteiger partial charge in [0, 0.05) is 45.0 Å². The highest BCUT2D eigenvalue weighted by molar-refractivity contribution is 5.42. The van der Waals surface area contributed by atoms with Crippen LogP contribution in [0.3, 0.4) is 0 Å². The molecular weight excluding hydrogens is 328 g/mol. The smallest absolute Gasteiger partial charge is 0.267 e. The van der Waals surface area contributed by atoms with Crippen molar-refractivity contribution in [2.45, 2.75) is 25.8 Å². The standard InChI is InChI=1S/C19H22N6O/c20-13-15-4-5-18(21-14-15)24-9-6-23(7-10-24)8-11-25-19(26)12-16-2-1-3-17(16)22-25/h4-5,12,14H,1-3,6-11H2. The van der Waals surface area contributed by atoms with Crippen LogP contribution in [0.15, 0.2) is 29.2 Å². The van der Waals surface area contributed by atoms with Crippen LogP contribution in [0.25, 0.3) is 0 Å². The number of nitrogens with zero attached hydrogens (tertiary/aromatic N) is 6. The zero-order chi connectivity index (χ0) is 17.9. The molecular formula is C19H22N6O.